The summed E-state index contributed by atoms with van der Waals surface area (Å²) in [5, 5.41) is 0. The van der Waals surface area contributed by atoms with Gasteiger partial charge in [-0.05, 0) is 6.42 Å². The minimum Gasteiger partial charge on any atom is -0.469 e. The molecule has 0 aromatic carbocycles. The molecule has 96 valence electrons. The largest absolute Gasteiger partial charge is 0.469 e. The van der Waals surface area contributed by atoms with E-state index in [4.69, 9.17) is 0 Å². The number of carbonyl (C=O) groups is 3. The van der Waals surface area contributed by atoms with Crippen LogP contribution in [-0.4, -0.2) is 24.6 Å². The Morgan fingerprint density at radius 2 is 2.06 bits per heavy atom. The predicted molar refractivity (Wildman–Crippen MR) is 62.4 cm³/mol. The highest BCUT2D eigenvalue weighted by atomic mass is 16.5. The van der Waals surface area contributed by atoms with Gasteiger partial charge in [0.1, 0.15) is 11.6 Å². The number of ketones is 2. The number of unbranched alkanes of at least 4 members (excludes halogenated alkanes) is 2. The molecule has 1 aliphatic carbocycles. The summed E-state index contributed by atoms with van der Waals surface area (Å²) in [5.41, 5.74) is 0. The van der Waals surface area contributed by atoms with Crippen molar-refractivity contribution in [2.24, 2.45) is 11.8 Å². The third-order valence-electron chi connectivity index (χ3n) is 3.34. The fourth-order valence-corrected chi connectivity index (χ4v) is 2.38. The lowest BCUT2D eigenvalue weighted by Crippen LogP contribution is -2.38. The van der Waals surface area contributed by atoms with Gasteiger partial charge in [-0.15, -0.1) is 0 Å². The van der Waals surface area contributed by atoms with Gasteiger partial charge in [0.15, 0.2) is 0 Å². The van der Waals surface area contributed by atoms with Crippen molar-refractivity contribution < 1.29 is 19.1 Å². The molecular weight excluding hydrogens is 220 g/mol. The summed E-state index contributed by atoms with van der Waals surface area (Å²) in [5.74, 6) is -1.52. The van der Waals surface area contributed by atoms with E-state index in [1.54, 1.807) is 0 Å². The number of methoxy groups -OCH3 is 1. The van der Waals surface area contributed by atoms with Crippen LogP contribution >= 0.6 is 0 Å². The zero-order valence-corrected chi connectivity index (χ0v) is 10.5. The minimum absolute atomic E-state index is 0.00964. The van der Waals surface area contributed by atoms with Crippen LogP contribution in [0.4, 0.5) is 0 Å². The van der Waals surface area contributed by atoms with E-state index in [1.165, 1.54) is 7.11 Å². The van der Waals surface area contributed by atoms with Crippen LogP contribution in [0.25, 0.3) is 0 Å². The number of hydrogen-bond acceptors (Lipinski definition) is 4. The van der Waals surface area contributed by atoms with Gasteiger partial charge in [-0.3, -0.25) is 14.4 Å². The van der Waals surface area contributed by atoms with Crippen LogP contribution in [-0.2, 0) is 19.1 Å². The van der Waals surface area contributed by atoms with Crippen molar-refractivity contribution in [2.45, 2.75) is 45.4 Å². The van der Waals surface area contributed by atoms with Crippen molar-refractivity contribution >= 4 is 17.5 Å². The van der Waals surface area contributed by atoms with Gasteiger partial charge >= 0.3 is 5.97 Å². The molecule has 0 aromatic heterocycles. The lowest BCUT2D eigenvalue weighted by atomic mass is 9.75. The number of rotatable bonds is 5. The van der Waals surface area contributed by atoms with E-state index in [2.05, 4.69) is 11.7 Å². The number of carbonyl (C=O) groups excluding carboxylic acids is 3. The number of esters is 1. The van der Waals surface area contributed by atoms with Gasteiger partial charge in [0.25, 0.3) is 0 Å². The zero-order valence-electron chi connectivity index (χ0n) is 10.5. The highest BCUT2D eigenvalue weighted by Crippen LogP contribution is 2.30. The van der Waals surface area contributed by atoms with Gasteiger partial charge in [0.05, 0.1) is 19.4 Å². The summed E-state index contributed by atoms with van der Waals surface area (Å²) in [6, 6.07) is 0. The fourth-order valence-electron chi connectivity index (χ4n) is 2.38. The molecular formula is C13H20O4. The van der Waals surface area contributed by atoms with Gasteiger partial charge in [-0.25, -0.2) is 0 Å². The van der Waals surface area contributed by atoms with E-state index in [0.29, 0.717) is 6.42 Å². The first kappa shape index (κ1) is 13.9. The summed E-state index contributed by atoms with van der Waals surface area (Å²) in [4.78, 5) is 34.7. The molecule has 0 heterocycles. The summed E-state index contributed by atoms with van der Waals surface area (Å²) < 4.78 is 4.68. The van der Waals surface area contributed by atoms with Gasteiger partial charge < -0.3 is 4.74 Å². The second-order valence-corrected chi connectivity index (χ2v) is 4.62. The van der Waals surface area contributed by atoms with Crippen molar-refractivity contribution in [3.05, 3.63) is 0 Å². The summed E-state index contributed by atoms with van der Waals surface area (Å²) in [7, 11) is 1.30. The monoisotopic (exact) mass is 240 g/mol. The SMILES string of the molecule is CCCCCC1C(=O)CC(=O)CC1C(=O)OC. The normalized spacial score (nSPS) is 24.8. The zero-order chi connectivity index (χ0) is 12.8. The van der Waals surface area contributed by atoms with Crippen LogP contribution in [0.1, 0.15) is 45.4 Å². The first-order chi connectivity index (χ1) is 8.10. The van der Waals surface area contributed by atoms with E-state index in [1.807, 2.05) is 0 Å². The smallest absolute Gasteiger partial charge is 0.309 e. The Labute approximate surface area is 102 Å². The maximum absolute atomic E-state index is 11.8. The highest BCUT2D eigenvalue weighted by molar-refractivity contribution is 6.05. The predicted octanol–water partition coefficient (Wildman–Crippen LogP) is 1.90. The lowest BCUT2D eigenvalue weighted by Gasteiger charge is -2.27. The molecule has 4 nitrogen and oxygen atoms in total. The quantitative estimate of drug-likeness (QED) is 0.418. The average Bonchev–Trinajstić information content (AvgIpc) is 2.30. The van der Waals surface area contributed by atoms with Crippen LogP contribution in [0.3, 0.4) is 0 Å². The molecule has 1 fully saturated rings. The summed E-state index contributed by atoms with van der Waals surface area (Å²) in [6.07, 6.45) is 3.89. The molecule has 0 saturated heterocycles. The molecule has 0 N–H and O–H groups in total. The standard InChI is InChI=1S/C13H20O4/c1-3-4-5-6-10-11(13(16)17-2)7-9(14)8-12(10)15/h10-11H,3-8H2,1-2H3. The molecule has 1 rings (SSSR count). The average molecular weight is 240 g/mol. The van der Waals surface area contributed by atoms with Crippen LogP contribution in [0, 0.1) is 11.8 Å². The summed E-state index contributed by atoms with van der Waals surface area (Å²) >= 11 is 0. The molecule has 0 amide bonds. The molecule has 2 unspecified atom stereocenters. The molecule has 0 bridgehead atoms. The van der Waals surface area contributed by atoms with E-state index in [0.717, 1.165) is 19.3 Å². The van der Waals surface area contributed by atoms with E-state index in [-0.39, 0.29) is 30.3 Å². The second kappa shape index (κ2) is 6.52. The first-order valence-electron chi connectivity index (χ1n) is 6.22. The highest BCUT2D eigenvalue weighted by Gasteiger charge is 2.40. The second-order valence-electron chi connectivity index (χ2n) is 4.62. The van der Waals surface area contributed by atoms with Gasteiger partial charge in [-0.2, -0.15) is 0 Å². The lowest BCUT2D eigenvalue weighted by molar-refractivity contribution is -0.154. The third kappa shape index (κ3) is 3.65. The van der Waals surface area contributed by atoms with E-state index < -0.39 is 11.9 Å². The topological polar surface area (TPSA) is 60.4 Å². The molecule has 0 radical (unpaired) electrons. The molecule has 17 heavy (non-hydrogen) atoms. The number of hydrogen-bond donors (Lipinski definition) is 0. The van der Waals surface area contributed by atoms with Crippen LogP contribution < -0.4 is 0 Å². The maximum Gasteiger partial charge on any atom is 0.309 e. The van der Waals surface area contributed by atoms with Crippen molar-refractivity contribution in [1.82, 2.24) is 0 Å². The van der Waals surface area contributed by atoms with Crippen molar-refractivity contribution in [3.63, 3.8) is 0 Å². The van der Waals surface area contributed by atoms with Crippen molar-refractivity contribution in [3.8, 4) is 0 Å². The van der Waals surface area contributed by atoms with Crippen LogP contribution in [0.2, 0.25) is 0 Å². The number of ether oxygens (including phenoxy) is 1. The maximum atomic E-state index is 11.8. The Hall–Kier alpha value is -1.19. The van der Waals surface area contributed by atoms with Gasteiger partial charge in [-0.1, -0.05) is 26.2 Å². The molecule has 1 saturated carbocycles. The van der Waals surface area contributed by atoms with E-state index in [9.17, 15) is 14.4 Å². The van der Waals surface area contributed by atoms with E-state index >= 15 is 0 Å². The molecule has 2 atom stereocenters. The molecule has 1 aliphatic rings. The Morgan fingerprint density at radius 1 is 1.35 bits per heavy atom. The molecule has 0 aliphatic heterocycles. The fraction of sp³-hybridized carbons (Fsp3) is 0.769. The Balaban J connectivity index is 2.68. The van der Waals surface area contributed by atoms with Crippen molar-refractivity contribution in [1.29, 1.82) is 0 Å². The summed E-state index contributed by atoms with van der Waals surface area (Å²) in [6.45, 7) is 2.09. The Kier molecular flexibility index (Phi) is 5.32. The third-order valence-corrected chi connectivity index (χ3v) is 3.34. The van der Waals surface area contributed by atoms with Crippen LogP contribution in [0.15, 0.2) is 0 Å². The Morgan fingerprint density at radius 3 is 2.65 bits per heavy atom. The molecule has 4 heteroatoms. The van der Waals surface area contributed by atoms with Gasteiger partial charge in [0, 0.05) is 12.3 Å². The van der Waals surface area contributed by atoms with Gasteiger partial charge in [0.2, 0.25) is 0 Å². The Bertz CT molecular complexity index is 309. The number of Topliss-reactive ketones (excluding diaryl/α,β-unsaturated/α-hetero) is 2. The van der Waals surface area contributed by atoms with Crippen LogP contribution in [0.5, 0.6) is 0 Å². The molecule has 0 spiro atoms. The first-order valence-corrected chi connectivity index (χ1v) is 6.22. The minimum atomic E-state index is -0.550. The van der Waals surface area contributed by atoms with Crippen molar-refractivity contribution in [2.75, 3.05) is 7.11 Å². The molecule has 0 aromatic rings.